The fraction of sp³-hybridized carbons (Fsp3) is 0.214. The molecule has 2 rings (SSSR count). The van der Waals surface area contributed by atoms with Gasteiger partial charge in [-0.2, -0.15) is 0 Å². The third-order valence-corrected chi connectivity index (χ3v) is 4.39. The molecule has 1 aromatic heterocycles. The Bertz CT molecular complexity index is 563. The smallest absolute Gasteiger partial charge is 0.251 e. The third-order valence-electron chi connectivity index (χ3n) is 2.69. The van der Waals surface area contributed by atoms with Crippen molar-refractivity contribution in [1.29, 1.82) is 0 Å². The second-order valence-corrected chi connectivity index (χ2v) is 6.27. The van der Waals surface area contributed by atoms with Crippen LogP contribution in [-0.4, -0.2) is 20.0 Å². The molecule has 0 aliphatic heterocycles. The van der Waals surface area contributed by atoms with Crippen LogP contribution >= 0.6 is 27.3 Å². The van der Waals surface area contributed by atoms with E-state index in [1.807, 2.05) is 54.7 Å². The molecule has 0 atom stereocenters. The van der Waals surface area contributed by atoms with E-state index in [2.05, 4.69) is 21.2 Å². The van der Waals surface area contributed by atoms with Crippen LogP contribution in [0.3, 0.4) is 0 Å². The summed E-state index contributed by atoms with van der Waals surface area (Å²) in [5.41, 5.74) is 1.76. The fourth-order valence-corrected chi connectivity index (χ4v) is 3.02. The fourth-order valence-electron chi connectivity index (χ4n) is 1.63. The Morgan fingerprint density at radius 1 is 1.32 bits per heavy atom. The van der Waals surface area contributed by atoms with Crippen LogP contribution in [0, 0.1) is 0 Å². The van der Waals surface area contributed by atoms with Gasteiger partial charge in [-0.05, 0) is 46.3 Å². The van der Waals surface area contributed by atoms with Crippen molar-refractivity contribution in [3.05, 3.63) is 50.6 Å². The van der Waals surface area contributed by atoms with Gasteiger partial charge in [0.25, 0.3) is 5.91 Å². The Morgan fingerprint density at radius 3 is 2.53 bits per heavy atom. The molecule has 0 bridgehead atoms. The molecule has 5 heteroatoms. The van der Waals surface area contributed by atoms with Gasteiger partial charge in [0.15, 0.2) is 0 Å². The van der Waals surface area contributed by atoms with E-state index in [4.69, 9.17) is 0 Å². The summed E-state index contributed by atoms with van der Waals surface area (Å²) in [5, 5.41) is 4.92. The molecule has 19 heavy (non-hydrogen) atoms. The average Bonchev–Trinajstić information content (AvgIpc) is 2.82. The molecule has 0 radical (unpaired) electrons. The number of carbonyl (C=O) groups excluding carboxylic acids is 1. The van der Waals surface area contributed by atoms with E-state index in [-0.39, 0.29) is 5.91 Å². The van der Waals surface area contributed by atoms with Gasteiger partial charge >= 0.3 is 0 Å². The van der Waals surface area contributed by atoms with Crippen molar-refractivity contribution in [3.8, 4) is 0 Å². The van der Waals surface area contributed by atoms with Gasteiger partial charge < -0.3 is 10.2 Å². The number of anilines is 1. The molecular weight excluding hydrogens is 324 g/mol. The normalized spacial score (nSPS) is 10.3. The number of halogens is 1. The first-order valence-corrected chi connectivity index (χ1v) is 7.52. The van der Waals surface area contributed by atoms with Crippen molar-refractivity contribution in [2.45, 2.75) is 6.54 Å². The van der Waals surface area contributed by atoms with Gasteiger partial charge in [-0.3, -0.25) is 4.79 Å². The van der Waals surface area contributed by atoms with Gasteiger partial charge in [0.05, 0.1) is 6.54 Å². The van der Waals surface area contributed by atoms with Crippen LogP contribution in [0.15, 0.2) is 40.2 Å². The monoisotopic (exact) mass is 338 g/mol. The molecule has 1 heterocycles. The molecule has 0 spiro atoms. The lowest BCUT2D eigenvalue weighted by molar-refractivity contribution is 0.0951. The number of nitrogens with zero attached hydrogens (tertiary/aromatic N) is 1. The van der Waals surface area contributed by atoms with Gasteiger partial charge in [-0.25, -0.2) is 0 Å². The van der Waals surface area contributed by atoms with Gasteiger partial charge in [0, 0.05) is 40.1 Å². The maximum Gasteiger partial charge on any atom is 0.251 e. The lowest BCUT2D eigenvalue weighted by Crippen LogP contribution is -2.22. The van der Waals surface area contributed by atoms with Gasteiger partial charge in [0.1, 0.15) is 0 Å². The van der Waals surface area contributed by atoms with Gasteiger partial charge in [0.2, 0.25) is 0 Å². The van der Waals surface area contributed by atoms with Crippen molar-refractivity contribution < 1.29 is 4.79 Å². The third kappa shape index (κ3) is 3.81. The summed E-state index contributed by atoms with van der Waals surface area (Å²) >= 11 is 5.02. The van der Waals surface area contributed by atoms with Crippen LogP contribution in [-0.2, 0) is 6.54 Å². The van der Waals surface area contributed by atoms with Crippen LogP contribution < -0.4 is 10.2 Å². The Kier molecular flexibility index (Phi) is 4.61. The summed E-state index contributed by atoms with van der Waals surface area (Å²) in [4.78, 5) is 15.1. The SMILES string of the molecule is CN(C)c1ccc(C(=O)NCc2cc(Br)cs2)cc1. The molecule has 0 aliphatic rings. The minimum absolute atomic E-state index is 0.0465. The number of hydrogen-bond donors (Lipinski definition) is 1. The predicted molar refractivity (Wildman–Crippen MR) is 84.0 cm³/mol. The van der Waals surface area contributed by atoms with Crippen LogP contribution in [0.1, 0.15) is 15.2 Å². The maximum atomic E-state index is 12.0. The zero-order valence-electron chi connectivity index (χ0n) is 10.8. The Balaban J connectivity index is 1.96. The zero-order chi connectivity index (χ0) is 13.8. The van der Waals surface area contributed by atoms with Crippen LogP contribution in [0.25, 0.3) is 0 Å². The van der Waals surface area contributed by atoms with Crippen molar-refractivity contribution in [3.63, 3.8) is 0 Å². The molecule has 0 saturated heterocycles. The van der Waals surface area contributed by atoms with Gasteiger partial charge in [-0.15, -0.1) is 11.3 Å². The summed E-state index contributed by atoms with van der Waals surface area (Å²) in [7, 11) is 3.95. The molecule has 1 aromatic carbocycles. The number of amides is 1. The maximum absolute atomic E-state index is 12.0. The Labute approximate surface area is 125 Å². The largest absolute Gasteiger partial charge is 0.378 e. The minimum Gasteiger partial charge on any atom is -0.378 e. The zero-order valence-corrected chi connectivity index (χ0v) is 13.2. The van der Waals surface area contributed by atoms with E-state index >= 15 is 0 Å². The number of hydrogen-bond acceptors (Lipinski definition) is 3. The number of carbonyl (C=O) groups is 1. The van der Waals surface area contributed by atoms with E-state index < -0.39 is 0 Å². The van der Waals surface area contributed by atoms with Crippen molar-refractivity contribution >= 4 is 38.9 Å². The number of benzene rings is 1. The Hall–Kier alpha value is -1.33. The summed E-state index contributed by atoms with van der Waals surface area (Å²) in [6.07, 6.45) is 0. The molecule has 0 unspecified atom stereocenters. The summed E-state index contributed by atoms with van der Waals surface area (Å²) in [6, 6.07) is 9.58. The van der Waals surface area contributed by atoms with E-state index in [9.17, 15) is 4.79 Å². The average molecular weight is 339 g/mol. The van der Waals surface area contributed by atoms with Gasteiger partial charge in [-0.1, -0.05) is 0 Å². The summed E-state index contributed by atoms with van der Waals surface area (Å²) in [6.45, 7) is 0.560. The highest BCUT2D eigenvalue weighted by Crippen LogP contribution is 2.19. The quantitative estimate of drug-likeness (QED) is 0.925. The first-order valence-electron chi connectivity index (χ1n) is 5.85. The van der Waals surface area contributed by atoms with E-state index in [0.29, 0.717) is 12.1 Å². The molecule has 1 N–H and O–H groups in total. The molecular formula is C14H15BrN2OS. The topological polar surface area (TPSA) is 32.3 Å². The molecule has 0 fully saturated rings. The summed E-state index contributed by atoms with van der Waals surface area (Å²) < 4.78 is 1.05. The van der Waals surface area contributed by atoms with E-state index in [1.54, 1.807) is 11.3 Å². The first-order chi connectivity index (χ1) is 9.06. The van der Waals surface area contributed by atoms with E-state index in [0.717, 1.165) is 15.0 Å². The highest BCUT2D eigenvalue weighted by molar-refractivity contribution is 9.10. The summed E-state index contributed by atoms with van der Waals surface area (Å²) in [5.74, 6) is -0.0465. The first kappa shape index (κ1) is 14.1. The van der Waals surface area contributed by atoms with Crippen LogP contribution in [0.5, 0.6) is 0 Å². The van der Waals surface area contributed by atoms with Crippen molar-refractivity contribution in [2.24, 2.45) is 0 Å². The molecule has 0 saturated carbocycles. The van der Waals surface area contributed by atoms with Crippen molar-refractivity contribution in [2.75, 3.05) is 19.0 Å². The van der Waals surface area contributed by atoms with E-state index in [1.165, 1.54) is 0 Å². The molecule has 1 amide bonds. The highest BCUT2D eigenvalue weighted by Gasteiger charge is 2.06. The molecule has 0 aliphatic carbocycles. The highest BCUT2D eigenvalue weighted by atomic mass is 79.9. The van der Waals surface area contributed by atoms with Crippen LogP contribution in [0.4, 0.5) is 5.69 Å². The lowest BCUT2D eigenvalue weighted by Gasteiger charge is -2.12. The molecule has 3 nitrogen and oxygen atoms in total. The number of thiophene rings is 1. The predicted octanol–water partition coefficient (Wildman–Crippen LogP) is 3.51. The second-order valence-electron chi connectivity index (χ2n) is 4.36. The minimum atomic E-state index is -0.0465. The lowest BCUT2D eigenvalue weighted by atomic mass is 10.2. The number of rotatable bonds is 4. The van der Waals surface area contributed by atoms with Crippen molar-refractivity contribution in [1.82, 2.24) is 5.32 Å². The number of nitrogens with one attached hydrogen (secondary N) is 1. The Morgan fingerprint density at radius 2 is 2.00 bits per heavy atom. The standard InChI is InChI=1S/C14H15BrN2OS/c1-17(2)12-5-3-10(4-6-12)14(18)16-8-13-7-11(15)9-19-13/h3-7,9H,8H2,1-2H3,(H,16,18). The second kappa shape index (κ2) is 6.21. The molecule has 100 valence electrons. The van der Waals surface area contributed by atoms with Crippen LogP contribution in [0.2, 0.25) is 0 Å². The molecule has 2 aromatic rings.